The van der Waals surface area contributed by atoms with E-state index in [9.17, 15) is 4.79 Å². The molecule has 0 fully saturated rings. The molecule has 0 aliphatic rings. The van der Waals surface area contributed by atoms with Crippen LogP contribution in [0.3, 0.4) is 0 Å². The predicted molar refractivity (Wildman–Crippen MR) is 70.8 cm³/mol. The quantitative estimate of drug-likeness (QED) is 0.890. The number of hydrogen-bond acceptors (Lipinski definition) is 2. The summed E-state index contributed by atoms with van der Waals surface area (Å²) in [7, 11) is 0. The molecule has 5 heteroatoms. The Morgan fingerprint density at radius 2 is 2.33 bits per heavy atom. The Kier molecular flexibility index (Phi) is 3.99. The maximum Gasteiger partial charge on any atom is 0.252 e. The minimum atomic E-state index is -0.161. The third-order valence-electron chi connectivity index (χ3n) is 2.57. The minimum absolute atomic E-state index is 0.161. The van der Waals surface area contributed by atoms with Gasteiger partial charge in [-0.3, -0.25) is 4.79 Å². The van der Waals surface area contributed by atoms with Crippen LogP contribution in [0.1, 0.15) is 21.7 Å². The molecule has 2 rings (SSSR count). The fourth-order valence-electron chi connectivity index (χ4n) is 1.63. The SMILES string of the molecule is Cc1ccc(C(=O)NCCc2ncc[nH]2)c(Cl)c1. The number of carbonyl (C=O) groups is 1. The van der Waals surface area contributed by atoms with Gasteiger partial charge < -0.3 is 10.3 Å². The first kappa shape index (κ1) is 12.6. The number of halogens is 1. The number of aromatic nitrogens is 2. The Morgan fingerprint density at radius 1 is 1.50 bits per heavy atom. The molecule has 0 saturated carbocycles. The van der Waals surface area contributed by atoms with Gasteiger partial charge in [0.15, 0.2) is 0 Å². The fourth-order valence-corrected chi connectivity index (χ4v) is 1.95. The molecule has 0 bridgehead atoms. The van der Waals surface area contributed by atoms with Crippen LogP contribution < -0.4 is 5.32 Å². The molecule has 1 amide bonds. The highest BCUT2D eigenvalue weighted by atomic mass is 35.5. The van der Waals surface area contributed by atoms with Crippen molar-refractivity contribution in [3.05, 3.63) is 52.6 Å². The number of nitrogens with one attached hydrogen (secondary N) is 2. The Bertz CT molecular complexity index is 537. The number of H-pyrrole nitrogens is 1. The van der Waals surface area contributed by atoms with Crippen molar-refractivity contribution in [2.75, 3.05) is 6.54 Å². The maximum atomic E-state index is 11.9. The molecule has 0 radical (unpaired) electrons. The number of carbonyl (C=O) groups excluding carboxylic acids is 1. The molecule has 1 aromatic heterocycles. The van der Waals surface area contributed by atoms with Crippen LogP contribution in [0.2, 0.25) is 5.02 Å². The highest BCUT2D eigenvalue weighted by Crippen LogP contribution is 2.17. The molecule has 0 aliphatic heterocycles. The third-order valence-corrected chi connectivity index (χ3v) is 2.88. The molecule has 0 atom stereocenters. The first-order chi connectivity index (χ1) is 8.66. The van der Waals surface area contributed by atoms with Crippen LogP contribution in [0, 0.1) is 6.92 Å². The lowest BCUT2D eigenvalue weighted by atomic mass is 10.1. The highest BCUT2D eigenvalue weighted by molar-refractivity contribution is 6.33. The monoisotopic (exact) mass is 263 g/mol. The number of amides is 1. The summed E-state index contributed by atoms with van der Waals surface area (Å²) in [4.78, 5) is 18.9. The first-order valence-corrected chi connectivity index (χ1v) is 6.07. The number of benzene rings is 1. The Morgan fingerprint density at radius 3 is 3.00 bits per heavy atom. The van der Waals surface area contributed by atoms with E-state index in [-0.39, 0.29) is 5.91 Å². The van der Waals surface area contributed by atoms with Gasteiger partial charge in [-0.25, -0.2) is 4.98 Å². The van der Waals surface area contributed by atoms with Gasteiger partial charge >= 0.3 is 0 Å². The smallest absolute Gasteiger partial charge is 0.252 e. The number of imidazole rings is 1. The van der Waals surface area contributed by atoms with Gasteiger partial charge in [-0.05, 0) is 24.6 Å². The zero-order valence-electron chi connectivity index (χ0n) is 10.0. The fraction of sp³-hybridized carbons (Fsp3) is 0.231. The van der Waals surface area contributed by atoms with Crippen LogP contribution in [0.25, 0.3) is 0 Å². The zero-order chi connectivity index (χ0) is 13.0. The van der Waals surface area contributed by atoms with Gasteiger partial charge in [0.05, 0.1) is 10.6 Å². The van der Waals surface area contributed by atoms with Crippen molar-refractivity contribution in [2.24, 2.45) is 0 Å². The van der Waals surface area contributed by atoms with Gasteiger partial charge in [-0.15, -0.1) is 0 Å². The Labute approximate surface area is 110 Å². The van der Waals surface area contributed by atoms with Gasteiger partial charge in [0.2, 0.25) is 0 Å². The molecule has 1 aromatic carbocycles. The van der Waals surface area contributed by atoms with Crippen molar-refractivity contribution in [2.45, 2.75) is 13.3 Å². The topological polar surface area (TPSA) is 57.8 Å². The number of rotatable bonds is 4. The van der Waals surface area contributed by atoms with Gasteiger partial charge in [0, 0.05) is 25.4 Å². The largest absolute Gasteiger partial charge is 0.352 e. The van der Waals surface area contributed by atoms with Gasteiger partial charge in [-0.1, -0.05) is 17.7 Å². The van der Waals surface area contributed by atoms with E-state index in [0.29, 0.717) is 23.6 Å². The van der Waals surface area contributed by atoms with Gasteiger partial charge in [0.1, 0.15) is 5.82 Å². The van der Waals surface area contributed by atoms with E-state index in [2.05, 4.69) is 15.3 Å². The lowest BCUT2D eigenvalue weighted by Crippen LogP contribution is -2.26. The van der Waals surface area contributed by atoms with Gasteiger partial charge in [-0.2, -0.15) is 0 Å². The summed E-state index contributed by atoms with van der Waals surface area (Å²) in [5.41, 5.74) is 1.54. The minimum Gasteiger partial charge on any atom is -0.352 e. The van der Waals surface area contributed by atoms with E-state index in [1.165, 1.54) is 0 Å². The lowest BCUT2D eigenvalue weighted by Gasteiger charge is -2.06. The molecule has 2 aromatic rings. The van der Waals surface area contributed by atoms with E-state index in [4.69, 9.17) is 11.6 Å². The molecular formula is C13H14ClN3O. The summed E-state index contributed by atoms with van der Waals surface area (Å²) in [6, 6.07) is 5.39. The summed E-state index contributed by atoms with van der Waals surface area (Å²) in [5.74, 6) is 0.692. The highest BCUT2D eigenvalue weighted by Gasteiger charge is 2.09. The first-order valence-electron chi connectivity index (χ1n) is 5.69. The Balaban J connectivity index is 1.91. The number of hydrogen-bond donors (Lipinski definition) is 2. The van der Waals surface area contributed by atoms with Crippen molar-refractivity contribution < 1.29 is 4.79 Å². The average Bonchev–Trinajstić information content (AvgIpc) is 2.81. The maximum absolute atomic E-state index is 11.9. The molecule has 0 saturated heterocycles. The molecule has 1 heterocycles. The predicted octanol–water partition coefficient (Wildman–Crippen LogP) is 2.34. The van der Waals surface area contributed by atoms with Crippen molar-refractivity contribution in [1.82, 2.24) is 15.3 Å². The summed E-state index contributed by atoms with van der Waals surface area (Å²) in [5, 5.41) is 3.29. The van der Waals surface area contributed by atoms with E-state index in [1.54, 1.807) is 24.5 Å². The number of aryl methyl sites for hydroxylation is 1. The van der Waals surface area contributed by atoms with Crippen LogP contribution in [-0.4, -0.2) is 22.4 Å². The zero-order valence-corrected chi connectivity index (χ0v) is 10.8. The molecule has 2 N–H and O–H groups in total. The van der Waals surface area contributed by atoms with Crippen LogP contribution in [0.5, 0.6) is 0 Å². The second-order valence-electron chi connectivity index (χ2n) is 4.03. The Hall–Kier alpha value is -1.81. The second-order valence-corrected chi connectivity index (χ2v) is 4.43. The van der Waals surface area contributed by atoms with Gasteiger partial charge in [0.25, 0.3) is 5.91 Å². The lowest BCUT2D eigenvalue weighted by molar-refractivity contribution is 0.0954. The van der Waals surface area contributed by atoms with Crippen molar-refractivity contribution in [3.8, 4) is 0 Å². The summed E-state index contributed by atoms with van der Waals surface area (Å²) in [6.45, 7) is 2.46. The van der Waals surface area contributed by atoms with E-state index in [0.717, 1.165) is 11.4 Å². The van der Waals surface area contributed by atoms with Crippen molar-refractivity contribution >= 4 is 17.5 Å². The van der Waals surface area contributed by atoms with Crippen molar-refractivity contribution in [1.29, 1.82) is 0 Å². The van der Waals surface area contributed by atoms with Crippen LogP contribution in [-0.2, 0) is 6.42 Å². The summed E-state index contributed by atoms with van der Waals surface area (Å²) >= 11 is 6.02. The standard InChI is InChI=1S/C13H14ClN3O/c1-9-2-3-10(11(14)8-9)13(18)17-5-4-12-15-6-7-16-12/h2-3,6-8H,4-5H2,1H3,(H,15,16)(H,17,18). The molecule has 18 heavy (non-hydrogen) atoms. The van der Waals surface area contributed by atoms with E-state index in [1.807, 2.05) is 13.0 Å². The second kappa shape index (κ2) is 5.69. The molecular weight excluding hydrogens is 250 g/mol. The summed E-state index contributed by atoms with van der Waals surface area (Å²) < 4.78 is 0. The molecule has 0 spiro atoms. The van der Waals surface area contributed by atoms with E-state index < -0.39 is 0 Å². The van der Waals surface area contributed by atoms with Crippen LogP contribution >= 0.6 is 11.6 Å². The average molecular weight is 264 g/mol. The molecule has 0 unspecified atom stereocenters. The third kappa shape index (κ3) is 3.11. The molecule has 0 aliphatic carbocycles. The van der Waals surface area contributed by atoms with Crippen molar-refractivity contribution in [3.63, 3.8) is 0 Å². The normalized spacial score (nSPS) is 10.3. The molecule has 94 valence electrons. The van der Waals surface area contributed by atoms with Crippen LogP contribution in [0.4, 0.5) is 0 Å². The van der Waals surface area contributed by atoms with Crippen LogP contribution in [0.15, 0.2) is 30.6 Å². The number of aromatic amines is 1. The molecule has 4 nitrogen and oxygen atoms in total. The summed E-state index contributed by atoms with van der Waals surface area (Å²) in [6.07, 6.45) is 4.12. The van der Waals surface area contributed by atoms with E-state index >= 15 is 0 Å². The number of nitrogens with zero attached hydrogens (tertiary/aromatic N) is 1.